The molecule has 4 rings (SSSR count). The number of nitrogens with one attached hydrogen (secondary N) is 1. The van der Waals surface area contributed by atoms with Gasteiger partial charge in [-0.2, -0.15) is 0 Å². The van der Waals surface area contributed by atoms with E-state index < -0.39 is 0 Å². The third-order valence-corrected chi connectivity index (χ3v) is 4.33. The van der Waals surface area contributed by atoms with Gasteiger partial charge in [-0.1, -0.05) is 0 Å². The zero-order chi connectivity index (χ0) is 12.8. The highest BCUT2D eigenvalue weighted by Crippen LogP contribution is 2.27. The molecule has 2 fully saturated rings. The molecule has 2 aliphatic rings. The summed E-state index contributed by atoms with van der Waals surface area (Å²) in [5.74, 6) is 0.671. The summed E-state index contributed by atoms with van der Waals surface area (Å²) in [5, 5.41) is 3.17. The van der Waals surface area contributed by atoms with Gasteiger partial charge in [-0.15, -0.1) is 0 Å². The van der Waals surface area contributed by atoms with Gasteiger partial charge in [0.25, 0.3) is 5.91 Å². The highest BCUT2D eigenvalue weighted by molar-refractivity contribution is 5.95. The second kappa shape index (κ2) is 4.06. The molecule has 5 heteroatoms. The van der Waals surface area contributed by atoms with E-state index in [2.05, 4.69) is 15.2 Å². The quantitative estimate of drug-likeness (QED) is 0.863. The summed E-state index contributed by atoms with van der Waals surface area (Å²) < 4.78 is 1.90. The molecule has 3 atom stereocenters. The highest BCUT2D eigenvalue weighted by atomic mass is 16.1. The van der Waals surface area contributed by atoms with Crippen molar-refractivity contribution in [2.45, 2.75) is 12.5 Å². The Kier molecular flexibility index (Phi) is 2.35. The van der Waals surface area contributed by atoms with Crippen molar-refractivity contribution in [1.29, 1.82) is 0 Å². The van der Waals surface area contributed by atoms with Crippen LogP contribution in [-0.2, 0) is 0 Å². The van der Waals surface area contributed by atoms with E-state index in [4.69, 9.17) is 0 Å². The maximum Gasteiger partial charge on any atom is 0.251 e. The van der Waals surface area contributed by atoms with Gasteiger partial charge >= 0.3 is 0 Å². The second-order valence-electron chi connectivity index (χ2n) is 5.53. The highest BCUT2D eigenvalue weighted by Gasteiger charge is 2.38. The lowest BCUT2D eigenvalue weighted by atomic mass is 10.00. The number of fused-ring (bicyclic) bond motifs is 3. The number of carbonyl (C=O) groups is 1. The number of hydrogen-bond acceptors (Lipinski definition) is 3. The van der Waals surface area contributed by atoms with Crippen LogP contribution >= 0.6 is 0 Å². The number of piperidine rings is 1. The minimum atomic E-state index is 0.0300. The number of aromatic nitrogens is 2. The third kappa shape index (κ3) is 1.81. The van der Waals surface area contributed by atoms with E-state index in [0.717, 1.165) is 18.6 Å². The molecule has 0 radical (unpaired) electrons. The Bertz CT molecular complexity index is 635. The predicted octanol–water partition coefficient (Wildman–Crippen LogP) is 0.768. The first-order valence-electron chi connectivity index (χ1n) is 6.74. The fourth-order valence-electron chi connectivity index (χ4n) is 3.26. The van der Waals surface area contributed by atoms with Crippen molar-refractivity contribution in [3.63, 3.8) is 0 Å². The molecule has 1 N–H and O–H groups in total. The Morgan fingerprint density at radius 2 is 2.37 bits per heavy atom. The molecule has 1 amide bonds. The van der Waals surface area contributed by atoms with Gasteiger partial charge in [0.1, 0.15) is 0 Å². The van der Waals surface area contributed by atoms with Gasteiger partial charge in [-0.25, -0.2) is 4.98 Å². The van der Waals surface area contributed by atoms with Crippen LogP contribution in [0.1, 0.15) is 16.8 Å². The minimum Gasteiger partial charge on any atom is -0.348 e. The number of carbonyl (C=O) groups excluding carboxylic acids is 1. The maximum atomic E-state index is 12.3. The van der Waals surface area contributed by atoms with E-state index in [1.807, 2.05) is 22.7 Å². The van der Waals surface area contributed by atoms with Crippen molar-refractivity contribution < 1.29 is 4.79 Å². The molecule has 0 saturated carbocycles. The largest absolute Gasteiger partial charge is 0.348 e. The van der Waals surface area contributed by atoms with Crippen molar-refractivity contribution >= 4 is 11.4 Å². The summed E-state index contributed by atoms with van der Waals surface area (Å²) in [6.45, 7) is 3.34. The van der Waals surface area contributed by atoms with Crippen molar-refractivity contribution in [2.75, 3.05) is 19.6 Å². The van der Waals surface area contributed by atoms with Crippen LogP contribution in [0.4, 0.5) is 0 Å². The Morgan fingerprint density at radius 3 is 3.16 bits per heavy atom. The SMILES string of the molecule is O=C(N[C@H]1CN2CC[C@H]1C2)c1ccn2cncc2c1. The molecule has 0 spiro atoms. The summed E-state index contributed by atoms with van der Waals surface area (Å²) in [5.41, 5.74) is 1.66. The van der Waals surface area contributed by atoms with E-state index in [0.29, 0.717) is 17.5 Å². The molecule has 2 bridgehead atoms. The zero-order valence-electron chi connectivity index (χ0n) is 10.6. The van der Waals surface area contributed by atoms with Gasteiger partial charge in [0, 0.05) is 30.9 Å². The van der Waals surface area contributed by atoms with Crippen LogP contribution in [0.2, 0.25) is 0 Å². The van der Waals surface area contributed by atoms with Crippen molar-refractivity contribution in [2.24, 2.45) is 5.92 Å². The fourth-order valence-corrected chi connectivity index (χ4v) is 3.26. The van der Waals surface area contributed by atoms with E-state index in [1.165, 1.54) is 13.0 Å². The average Bonchev–Trinajstić information content (AvgIpc) is 3.13. The van der Waals surface area contributed by atoms with Gasteiger partial charge in [0.05, 0.1) is 18.0 Å². The van der Waals surface area contributed by atoms with Crippen LogP contribution in [0.3, 0.4) is 0 Å². The van der Waals surface area contributed by atoms with Crippen molar-refractivity contribution in [1.82, 2.24) is 19.6 Å². The summed E-state index contributed by atoms with van der Waals surface area (Å²) in [6.07, 6.45) is 6.59. The van der Waals surface area contributed by atoms with Gasteiger partial charge in [-0.3, -0.25) is 4.79 Å². The molecule has 0 aliphatic carbocycles. The second-order valence-corrected chi connectivity index (χ2v) is 5.53. The first-order chi connectivity index (χ1) is 9.29. The molecular weight excluding hydrogens is 240 g/mol. The molecule has 2 aromatic heterocycles. The number of rotatable bonds is 2. The van der Waals surface area contributed by atoms with Gasteiger partial charge < -0.3 is 14.6 Å². The van der Waals surface area contributed by atoms with E-state index in [9.17, 15) is 4.79 Å². The number of hydrogen-bond donors (Lipinski definition) is 1. The maximum absolute atomic E-state index is 12.3. The van der Waals surface area contributed by atoms with Gasteiger partial charge in [-0.05, 0) is 31.0 Å². The number of nitrogens with zero attached hydrogens (tertiary/aromatic N) is 3. The van der Waals surface area contributed by atoms with Crippen LogP contribution in [-0.4, -0.2) is 45.9 Å². The van der Waals surface area contributed by atoms with Crippen LogP contribution in [0.5, 0.6) is 0 Å². The fraction of sp³-hybridized carbons (Fsp3) is 0.429. The Balaban J connectivity index is 1.53. The van der Waals surface area contributed by atoms with Crippen LogP contribution in [0.25, 0.3) is 5.52 Å². The molecule has 2 aliphatic heterocycles. The van der Waals surface area contributed by atoms with Gasteiger partial charge in [0.2, 0.25) is 0 Å². The summed E-state index contributed by atoms with van der Waals surface area (Å²) in [6, 6.07) is 4.05. The van der Waals surface area contributed by atoms with Crippen molar-refractivity contribution in [3.05, 3.63) is 36.4 Å². The van der Waals surface area contributed by atoms with E-state index in [1.54, 1.807) is 12.5 Å². The normalized spacial score (nSPS) is 28.9. The average molecular weight is 256 g/mol. The lowest BCUT2D eigenvalue weighted by molar-refractivity contribution is 0.0924. The standard InChI is InChI=1S/C14H16N4O/c19-14(16-13-8-17-3-1-11(13)7-17)10-2-4-18-9-15-6-12(18)5-10/h2,4-6,9,11,13H,1,3,7-8H2,(H,16,19)/t11-,13-/m0/s1. The summed E-state index contributed by atoms with van der Waals surface area (Å²) in [4.78, 5) is 18.8. The lowest BCUT2D eigenvalue weighted by Crippen LogP contribution is -2.43. The number of pyridine rings is 1. The molecule has 2 aromatic rings. The lowest BCUT2D eigenvalue weighted by Gasteiger charge is -2.23. The molecule has 98 valence electrons. The molecule has 2 saturated heterocycles. The Hall–Kier alpha value is -1.88. The van der Waals surface area contributed by atoms with Crippen molar-refractivity contribution in [3.8, 4) is 0 Å². The monoisotopic (exact) mass is 256 g/mol. The van der Waals surface area contributed by atoms with E-state index >= 15 is 0 Å². The molecule has 4 heterocycles. The molecule has 1 unspecified atom stereocenters. The molecular formula is C14H16N4O. The van der Waals surface area contributed by atoms with Crippen LogP contribution in [0.15, 0.2) is 30.9 Å². The third-order valence-electron chi connectivity index (χ3n) is 4.33. The minimum absolute atomic E-state index is 0.0300. The summed E-state index contributed by atoms with van der Waals surface area (Å²) >= 11 is 0. The van der Waals surface area contributed by atoms with Crippen LogP contribution < -0.4 is 5.32 Å². The predicted molar refractivity (Wildman–Crippen MR) is 71.0 cm³/mol. The summed E-state index contributed by atoms with van der Waals surface area (Å²) in [7, 11) is 0. The Morgan fingerprint density at radius 1 is 1.42 bits per heavy atom. The topological polar surface area (TPSA) is 49.6 Å². The van der Waals surface area contributed by atoms with Crippen LogP contribution in [0, 0.1) is 5.92 Å². The van der Waals surface area contributed by atoms with E-state index in [-0.39, 0.29) is 5.91 Å². The first-order valence-corrected chi connectivity index (χ1v) is 6.74. The zero-order valence-corrected chi connectivity index (χ0v) is 10.6. The number of imidazole rings is 1. The smallest absolute Gasteiger partial charge is 0.251 e. The van der Waals surface area contributed by atoms with Gasteiger partial charge in [0.15, 0.2) is 0 Å². The number of amides is 1. The Labute approximate surface area is 111 Å². The molecule has 5 nitrogen and oxygen atoms in total. The first kappa shape index (κ1) is 11.0. The molecule has 0 aromatic carbocycles. The molecule has 19 heavy (non-hydrogen) atoms.